The Bertz CT molecular complexity index is 922. The minimum Gasteiger partial charge on any atom is -0.421 e. The maximum atomic E-state index is 12.3. The second kappa shape index (κ2) is 7.54. The Labute approximate surface area is 146 Å². The molecule has 0 atom stereocenters. The Morgan fingerprint density at radius 2 is 1.76 bits per heavy atom. The average molecular weight is 358 g/mol. The van der Waals surface area contributed by atoms with Crippen LogP contribution in [0.2, 0.25) is 0 Å². The fourth-order valence-electron chi connectivity index (χ4n) is 2.25. The summed E-state index contributed by atoms with van der Waals surface area (Å²) in [5.74, 6) is 0.756. The summed E-state index contributed by atoms with van der Waals surface area (Å²) in [4.78, 5) is 4.17. The maximum absolute atomic E-state index is 12.3. The van der Waals surface area contributed by atoms with Crippen molar-refractivity contribution in [3.8, 4) is 11.5 Å². The first kappa shape index (κ1) is 17.2. The molecule has 0 amide bonds. The van der Waals surface area contributed by atoms with E-state index in [1.54, 1.807) is 36.7 Å². The van der Waals surface area contributed by atoms with Crippen molar-refractivity contribution in [2.24, 2.45) is 0 Å². The summed E-state index contributed by atoms with van der Waals surface area (Å²) in [5.41, 5.74) is 1.86. The van der Waals surface area contributed by atoms with Crippen LogP contribution in [0.3, 0.4) is 0 Å². The van der Waals surface area contributed by atoms with Crippen LogP contribution in [0.1, 0.15) is 18.4 Å². The fraction of sp³-hybridized carbons (Fsp3) is 0.235. The average Bonchev–Trinajstić information content (AvgIpc) is 3.11. The van der Waals surface area contributed by atoms with Crippen LogP contribution >= 0.6 is 0 Å². The minimum atomic E-state index is -3.55. The van der Waals surface area contributed by atoms with Crippen molar-refractivity contribution >= 4 is 10.0 Å². The summed E-state index contributed by atoms with van der Waals surface area (Å²) in [7, 11) is -3.55. The number of nitrogens with zero attached hydrogens (tertiary/aromatic N) is 3. The first-order chi connectivity index (χ1) is 12.1. The van der Waals surface area contributed by atoms with E-state index in [2.05, 4.69) is 19.9 Å². The van der Waals surface area contributed by atoms with Crippen LogP contribution in [-0.4, -0.2) is 30.1 Å². The zero-order chi connectivity index (χ0) is 17.7. The SMILES string of the molecule is CCc1ccc(S(=O)(=O)NCCc2nnc(-c3ccncc3)o2)cc1. The molecule has 2 heterocycles. The van der Waals surface area contributed by atoms with Gasteiger partial charge in [-0.2, -0.15) is 0 Å². The van der Waals surface area contributed by atoms with E-state index < -0.39 is 10.0 Å². The molecule has 0 fully saturated rings. The van der Waals surface area contributed by atoms with E-state index in [0.29, 0.717) is 18.2 Å². The summed E-state index contributed by atoms with van der Waals surface area (Å²) in [6, 6.07) is 10.4. The van der Waals surface area contributed by atoms with E-state index in [1.807, 2.05) is 19.1 Å². The van der Waals surface area contributed by atoms with E-state index in [0.717, 1.165) is 17.5 Å². The quantitative estimate of drug-likeness (QED) is 0.695. The molecule has 130 valence electrons. The van der Waals surface area contributed by atoms with Gasteiger partial charge in [-0.3, -0.25) is 4.98 Å². The van der Waals surface area contributed by atoms with Crippen molar-refractivity contribution in [1.82, 2.24) is 19.9 Å². The van der Waals surface area contributed by atoms with Crippen LogP contribution in [0.15, 0.2) is 58.1 Å². The number of pyridine rings is 1. The molecule has 2 aromatic heterocycles. The molecular formula is C17H18N4O3S. The number of aromatic nitrogens is 3. The summed E-state index contributed by atoms with van der Waals surface area (Å²) < 4.78 is 32.6. The van der Waals surface area contributed by atoms with Gasteiger partial charge in [0.2, 0.25) is 21.8 Å². The van der Waals surface area contributed by atoms with Crippen LogP contribution in [0, 0.1) is 0 Å². The predicted octanol–water partition coefficient (Wildman–Crippen LogP) is 2.21. The van der Waals surface area contributed by atoms with Crippen LogP contribution < -0.4 is 4.72 Å². The van der Waals surface area contributed by atoms with Crippen molar-refractivity contribution in [3.05, 3.63) is 60.2 Å². The lowest BCUT2D eigenvalue weighted by atomic mass is 10.2. The monoisotopic (exact) mass is 358 g/mol. The summed E-state index contributed by atoms with van der Waals surface area (Å²) in [6.07, 6.45) is 4.45. The second-order valence-corrected chi connectivity index (χ2v) is 7.15. The third kappa shape index (κ3) is 4.28. The van der Waals surface area contributed by atoms with Gasteiger partial charge < -0.3 is 4.42 Å². The Morgan fingerprint density at radius 1 is 1.04 bits per heavy atom. The highest BCUT2D eigenvalue weighted by Crippen LogP contribution is 2.16. The Morgan fingerprint density at radius 3 is 2.44 bits per heavy atom. The van der Waals surface area contributed by atoms with Gasteiger partial charge in [0.15, 0.2) is 0 Å². The van der Waals surface area contributed by atoms with E-state index in [-0.39, 0.29) is 11.4 Å². The molecule has 3 aromatic rings. The number of hydrogen-bond donors (Lipinski definition) is 1. The molecule has 0 saturated carbocycles. The molecule has 1 N–H and O–H groups in total. The van der Waals surface area contributed by atoms with E-state index >= 15 is 0 Å². The lowest BCUT2D eigenvalue weighted by Gasteiger charge is -2.06. The first-order valence-electron chi connectivity index (χ1n) is 7.90. The topological polar surface area (TPSA) is 98.0 Å². The molecule has 7 nitrogen and oxygen atoms in total. The third-order valence-electron chi connectivity index (χ3n) is 3.67. The van der Waals surface area contributed by atoms with E-state index in [1.165, 1.54) is 0 Å². The lowest BCUT2D eigenvalue weighted by molar-refractivity contribution is 0.502. The van der Waals surface area contributed by atoms with E-state index in [4.69, 9.17) is 4.42 Å². The second-order valence-electron chi connectivity index (χ2n) is 5.38. The molecule has 0 unspecified atom stereocenters. The Kier molecular flexibility index (Phi) is 5.20. The highest BCUT2D eigenvalue weighted by molar-refractivity contribution is 7.89. The fourth-order valence-corrected chi connectivity index (χ4v) is 3.28. The lowest BCUT2D eigenvalue weighted by Crippen LogP contribution is -2.26. The molecule has 0 aliphatic rings. The normalized spacial score (nSPS) is 11.6. The molecule has 1 aromatic carbocycles. The van der Waals surface area contributed by atoms with Crippen molar-refractivity contribution in [2.75, 3.05) is 6.54 Å². The molecule has 0 aliphatic carbocycles. The van der Waals surface area contributed by atoms with Crippen LogP contribution in [0.4, 0.5) is 0 Å². The molecule has 0 radical (unpaired) electrons. The molecule has 8 heteroatoms. The van der Waals surface area contributed by atoms with Gasteiger partial charge in [-0.05, 0) is 36.2 Å². The smallest absolute Gasteiger partial charge is 0.247 e. The number of aryl methyl sites for hydroxylation is 1. The summed E-state index contributed by atoms with van der Waals surface area (Å²) in [5, 5.41) is 7.89. The van der Waals surface area contributed by atoms with Gasteiger partial charge in [-0.15, -0.1) is 10.2 Å². The van der Waals surface area contributed by atoms with E-state index in [9.17, 15) is 8.42 Å². The van der Waals surface area contributed by atoms with Gasteiger partial charge in [-0.25, -0.2) is 13.1 Å². The Hall–Kier alpha value is -2.58. The maximum Gasteiger partial charge on any atom is 0.247 e. The first-order valence-corrected chi connectivity index (χ1v) is 9.38. The summed E-state index contributed by atoms with van der Waals surface area (Å²) in [6.45, 7) is 2.20. The van der Waals surface area contributed by atoms with Crippen molar-refractivity contribution in [3.63, 3.8) is 0 Å². The van der Waals surface area contributed by atoms with Crippen LogP contribution in [0.25, 0.3) is 11.5 Å². The standard InChI is InChI=1S/C17H18N4O3S/c1-2-13-3-5-15(6-4-13)25(22,23)19-12-9-16-20-21-17(24-16)14-7-10-18-11-8-14/h3-8,10-11,19H,2,9,12H2,1H3. The van der Waals surface area contributed by atoms with Crippen LogP contribution in [0.5, 0.6) is 0 Å². The highest BCUT2D eigenvalue weighted by Gasteiger charge is 2.14. The van der Waals surface area contributed by atoms with Gasteiger partial charge in [0.05, 0.1) is 4.90 Å². The van der Waals surface area contributed by atoms with Crippen molar-refractivity contribution in [2.45, 2.75) is 24.7 Å². The molecule has 0 spiro atoms. The zero-order valence-electron chi connectivity index (χ0n) is 13.7. The van der Waals surface area contributed by atoms with Gasteiger partial charge >= 0.3 is 0 Å². The number of nitrogens with one attached hydrogen (secondary N) is 1. The molecule has 0 bridgehead atoms. The van der Waals surface area contributed by atoms with Crippen molar-refractivity contribution < 1.29 is 12.8 Å². The third-order valence-corrected chi connectivity index (χ3v) is 5.14. The number of rotatable bonds is 7. The minimum absolute atomic E-state index is 0.176. The number of sulfonamides is 1. The number of benzene rings is 1. The van der Waals surface area contributed by atoms with Gasteiger partial charge in [-0.1, -0.05) is 19.1 Å². The largest absolute Gasteiger partial charge is 0.421 e. The number of hydrogen-bond acceptors (Lipinski definition) is 6. The van der Waals surface area contributed by atoms with Crippen LogP contribution in [-0.2, 0) is 22.9 Å². The predicted molar refractivity (Wildman–Crippen MR) is 92.2 cm³/mol. The zero-order valence-corrected chi connectivity index (χ0v) is 14.5. The van der Waals surface area contributed by atoms with Gasteiger partial charge in [0.25, 0.3) is 0 Å². The van der Waals surface area contributed by atoms with Gasteiger partial charge in [0.1, 0.15) is 0 Å². The Balaban J connectivity index is 1.59. The highest BCUT2D eigenvalue weighted by atomic mass is 32.2. The van der Waals surface area contributed by atoms with Gasteiger partial charge in [0, 0.05) is 30.9 Å². The molecule has 25 heavy (non-hydrogen) atoms. The molecule has 0 aliphatic heterocycles. The molecule has 0 saturated heterocycles. The van der Waals surface area contributed by atoms with Crippen molar-refractivity contribution in [1.29, 1.82) is 0 Å². The molecular weight excluding hydrogens is 340 g/mol. The molecule has 3 rings (SSSR count). The summed E-state index contributed by atoms with van der Waals surface area (Å²) >= 11 is 0.